The predicted octanol–water partition coefficient (Wildman–Crippen LogP) is 2.77. The number of rotatable bonds is 3. The Hall–Kier alpha value is -1.25. The van der Waals surface area contributed by atoms with Crippen molar-refractivity contribution < 1.29 is 4.68 Å². The fraction of sp³-hybridized carbons (Fsp3) is 0.583. The second-order valence-corrected chi connectivity index (χ2v) is 3.41. The molecule has 0 aliphatic heterocycles. The minimum Gasteiger partial charge on any atom is -0.410 e. The third-order valence-corrected chi connectivity index (χ3v) is 1.86. The van der Waals surface area contributed by atoms with E-state index >= 15 is 0 Å². The molecule has 0 radical (unpaired) electrons. The molecule has 0 bridgehead atoms. The average Bonchev–Trinajstić information content (AvgIpc) is 2.20. The Morgan fingerprint density at radius 1 is 1.27 bits per heavy atom. The number of hydrogen-bond donors (Lipinski definition) is 0. The zero-order chi connectivity index (χ0) is 11.8. The van der Waals surface area contributed by atoms with Crippen LogP contribution in [0, 0.1) is 0 Å². The van der Waals surface area contributed by atoms with Gasteiger partial charge in [0.2, 0.25) is 0 Å². The van der Waals surface area contributed by atoms with Crippen LogP contribution in [0.4, 0.5) is 0 Å². The molecule has 1 aliphatic carbocycles. The molecular formula is C12H23N3. The summed E-state index contributed by atoms with van der Waals surface area (Å²) in [4.78, 5) is 2.08. The number of likely N-dealkylation sites (N-methyl/N-ethyl adjacent to an activating group) is 1. The Morgan fingerprint density at radius 2 is 1.80 bits per heavy atom. The molecule has 0 aromatic rings. The molecule has 86 valence electrons. The Balaban J connectivity index is 0.000000921. The van der Waals surface area contributed by atoms with Gasteiger partial charge in [0.1, 0.15) is 13.8 Å². The molecule has 0 fully saturated rings. The van der Waals surface area contributed by atoms with Crippen molar-refractivity contribution in [3.63, 3.8) is 0 Å². The van der Waals surface area contributed by atoms with Gasteiger partial charge < -0.3 is 10.3 Å². The summed E-state index contributed by atoms with van der Waals surface area (Å²) in [6.07, 6.45) is 6.54. The van der Waals surface area contributed by atoms with Gasteiger partial charge >= 0.3 is 0 Å². The summed E-state index contributed by atoms with van der Waals surface area (Å²) in [5, 5.41) is 0. The van der Waals surface area contributed by atoms with Gasteiger partial charge in [-0.2, -0.15) is 0 Å². The molecule has 0 aromatic carbocycles. The Morgan fingerprint density at radius 3 is 2.27 bits per heavy atom. The van der Waals surface area contributed by atoms with E-state index in [4.69, 9.17) is 0 Å². The lowest BCUT2D eigenvalue weighted by Gasteiger charge is -2.29. The first-order chi connectivity index (χ1) is 7.11. The highest BCUT2D eigenvalue weighted by atomic mass is 15.4. The average molecular weight is 209 g/mol. The van der Waals surface area contributed by atoms with Gasteiger partial charge in [-0.3, -0.25) is 4.68 Å². The van der Waals surface area contributed by atoms with Crippen molar-refractivity contribution in [3.8, 4) is 0 Å². The van der Waals surface area contributed by atoms with Gasteiger partial charge in [-0.15, -0.1) is 0 Å². The fourth-order valence-corrected chi connectivity index (χ4v) is 1.34. The number of allylic oxidation sites excluding steroid dienone is 2. The molecule has 15 heavy (non-hydrogen) atoms. The van der Waals surface area contributed by atoms with Crippen molar-refractivity contribution in [1.82, 2.24) is 4.90 Å². The molecule has 3 heteroatoms. The van der Waals surface area contributed by atoms with E-state index in [1.165, 1.54) is 5.70 Å². The number of hydrogen-bond acceptors (Lipinski definition) is 1. The largest absolute Gasteiger partial charge is 0.410 e. The van der Waals surface area contributed by atoms with Crippen LogP contribution in [-0.2, 0) is 0 Å². The molecular weight excluding hydrogens is 186 g/mol. The molecule has 0 atom stereocenters. The van der Waals surface area contributed by atoms with E-state index in [9.17, 15) is 0 Å². The Labute approximate surface area is 93.8 Å². The van der Waals surface area contributed by atoms with Crippen LogP contribution in [0.2, 0.25) is 0 Å². The maximum Gasteiger partial charge on any atom is 0.127 e. The van der Waals surface area contributed by atoms with Crippen molar-refractivity contribution >= 4 is 6.72 Å². The smallest absolute Gasteiger partial charge is 0.127 e. The monoisotopic (exact) mass is 209 g/mol. The van der Waals surface area contributed by atoms with E-state index in [1.54, 1.807) is 4.68 Å². The normalized spacial score (nSPS) is 14.2. The Kier molecular flexibility index (Phi) is 6.50. The summed E-state index contributed by atoms with van der Waals surface area (Å²) in [5.74, 6) is 0. The lowest BCUT2D eigenvalue weighted by Crippen LogP contribution is -2.16. The summed E-state index contributed by atoms with van der Waals surface area (Å²) in [6.45, 7) is 7.71. The van der Waals surface area contributed by atoms with E-state index in [0.717, 1.165) is 18.5 Å². The molecule has 1 rings (SSSR count). The van der Waals surface area contributed by atoms with Crippen molar-refractivity contribution in [2.24, 2.45) is 0 Å². The topological polar surface area (TPSA) is 20.4 Å². The third kappa shape index (κ3) is 4.68. The van der Waals surface area contributed by atoms with E-state index in [1.807, 2.05) is 35.0 Å². The van der Waals surface area contributed by atoms with Crippen molar-refractivity contribution in [3.05, 3.63) is 29.0 Å². The van der Waals surface area contributed by atoms with Gasteiger partial charge in [-0.05, 0) is 12.8 Å². The lowest BCUT2D eigenvalue weighted by molar-refractivity contribution is -0.431. The first kappa shape index (κ1) is 13.8. The SMILES string of the molecule is C=[N+](C)[N-]C1=CCCC=C1N(C)C.CC. The number of nitrogens with zero attached hydrogens (tertiary/aromatic N) is 3. The zero-order valence-corrected chi connectivity index (χ0v) is 10.6. The van der Waals surface area contributed by atoms with Crippen molar-refractivity contribution in [1.29, 1.82) is 0 Å². The van der Waals surface area contributed by atoms with Crippen LogP contribution in [0.3, 0.4) is 0 Å². The molecule has 0 saturated carbocycles. The van der Waals surface area contributed by atoms with E-state index in [2.05, 4.69) is 29.2 Å². The Bertz CT molecular complexity index is 262. The summed E-state index contributed by atoms with van der Waals surface area (Å²) in [7, 11) is 5.90. The predicted molar refractivity (Wildman–Crippen MR) is 67.1 cm³/mol. The fourth-order valence-electron chi connectivity index (χ4n) is 1.34. The second kappa shape index (κ2) is 7.10. The van der Waals surface area contributed by atoms with E-state index < -0.39 is 0 Å². The second-order valence-electron chi connectivity index (χ2n) is 3.41. The standard InChI is InChI=1S/C10H17N3.C2H6/c1-12(2)10-8-6-5-7-9(10)11-13(3)4;1-2/h7-8H,3,5-6H2,1-2,4H3;1-2H3. The molecule has 1 aliphatic rings. The van der Waals surface area contributed by atoms with E-state index in [0.29, 0.717) is 0 Å². The molecule has 3 nitrogen and oxygen atoms in total. The molecule has 0 heterocycles. The maximum atomic E-state index is 4.31. The van der Waals surface area contributed by atoms with Gasteiger partial charge in [-0.1, -0.05) is 31.7 Å². The van der Waals surface area contributed by atoms with Gasteiger partial charge in [-0.25, -0.2) is 0 Å². The highest BCUT2D eigenvalue weighted by Crippen LogP contribution is 2.24. The van der Waals surface area contributed by atoms with Crippen LogP contribution in [0.25, 0.3) is 5.43 Å². The van der Waals surface area contributed by atoms with Crippen molar-refractivity contribution in [2.45, 2.75) is 26.7 Å². The van der Waals surface area contributed by atoms with Crippen LogP contribution >= 0.6 is 0 Å². The first-order valence-corrected chi connectivity index (χ1v) is 5.45. The molecule has 0 unspecified atom stereocenters. The molecule has 0 aromatic heterocycles. The summed E-state index contributed by atoms with van der Waals surface area (Å²) in [6, 6.07) is 0. The van der Waals surface area contributed by atoms with E-state index in [-0.39, 0.29) is 0 Å². The van der Waals surface area contributed by atoms with Gasteiger partial charge in [0.05, 0.1) is 0 Å². The van der Waals surface area contributed by atoms with Crippen LogP contribution < -0.4 is 0 Å². The van der Waals surface area contributed by atoms with Crippen LogP contribution in [0.5, 0.6) is 0 Å². The molecule has 0 saturated heterocycles. The highest BCUT2D eigenvalue weighted by Gasteiger charge is 2.04. The summed E-state index contributed by atoms with van der Waals surface area (Å²) in [5.41, 5.74) is 6.52. The van der Waals surface area contributed by atoms with Crippen LogP contribution in [0.1, 0.15) is 26.7 Å². The molecule has 0 N–H and O–H groups in total. The van der Waals surface area contributed by atoms with Crippen LogP contribution in [0.15, 0.2) is 23.5 Å². The molecule has 0 amide bonds. The zero-order valence-electron chi connectivity index (χ0n) is 10.6. The summed E-state index contributed by atoms with van der Waals surface area (Å²) < 4.78 is 1.59. The first-order valence-electron chi connectivity index (χ1n) is 5.45. The summed E-state index contributed by atoms with van der Waals surface area (Å²) >= 11 is 0. The van der Waals surface area contributed by atoms with Crippen LogP contribution in [-0.4, -0.2) is 37.4 Å². The highest BCUT2D eigenvalue weighted by molar-refractivity contribution is 5.38. The third-order valence-electron chi connectivity index (χ3n) is 1.86. The van der Waals surface area contributed by atoms with Gasteiger partial charge in [0, 0.05) is 19.8 Å². The lowest BCUT2D eigenvalue weighted by atomic mass is 10.1. The van der Waals surface area contributed by atoms with Gasteiger partial charge in [0.15, 0.2) is 0 Å². The van der Waals surface area contributed by atoms with Crippen molar-refractivity contribution in [2.75, 3.05) is 21.1 Å². The minimum absolute atomic E-state index is 1.02. The molecule has 0 spiro atoms. The minimum atomic E-state index is 1.02. The van der Waals surface area contributed by atoms with Gasteiger partial charge in [0.25, 0.3) is 0 Å². The maximum absolute atomic E-state index is 4.31. The quantitative estimate of drug-likeness (QED) is 0.397.